The van der Waals surface area contributed by atoms with Gasteiger partial charge in [0, 0.05) is 6.54 Å². The number of hydrogen-bond donors (Lipinski definition) is 1. The van der Waals surface area contributed by atoms with Crippen LogP contribution in [0.4, 0.5) is 11.6 Å². The Kier molecular flexibility index (Phi) is 3.54. The van der Waals surface area contributed by atoms with Crippen LogP contribution in [0.2, 0.25) is 0 Å². The van der Waals surface area contributed by atoms with Gasteiger partial charge in [0.25, 0.3) is 0 Å². The highest BCUT2D eigenvalue weighted by Crippen LogP contribution is 2.07. The minimum absolute atomic E-state index is 0.112. The summed E-state index contributed by atoms with van der Waals surface area (Å²) in [5.74, 6) is 0.387. The summed E-state index contributed by atoms with van der Waals surface area (Å²) in [5, 5.41) is 13.2. The molecule has 0 aromatic carbocycles. The van der Waals surface area contributed by atoms with Crippen molar-refractivity contribution in [3.8, 4) is 0 Å². The van der Waals surface area contributed by atoms with Gasteiger partial charge in [0.15, 0.2) is 0 Å². The van der Waals surface area contributed by atoms with Crippen LogP contribution >= 0.6 is 0 Å². The summed E-state index contributed by atoms with van der Waals surface area (Å²) in [7, 11) is 0. The van der Waals surface area contributed by atoms with Gasteiger partial charge < -0.3 is 5.32 Å². The van der Waals surface area contributed by atoms with Gasteiger partial charge in [-0.3, -0.25) is 10.1 Å². The maximum absolute atomic E-state index is 10.3. The Hall–Kier alpha value is -1.98. The van der Waals surface area contributed by atoms with Crippen LogP contribution in [0, 0.1) is 10.1 Å². The largest absolute Gasteiger partial charge is 0.354 e. The number of aromatic nitrogens is 2. The maximum atomic E-state index is 10.3. The van der Waals surface area contributed by atoms with E-state index in [2.05, 4.69) is 21.9 Å². The smallest absolute Gasteiger partial charge is 0.305 e. The lowest BCUT2D eigenvalue weighted by molar-refractivity contribution is -0.385. The van der Waals surface area contributed by atoms with Crippen LogP contribution in [0.5, 0.6) is 0 Å². The van der Waals surface area contributed by atoms with Gasteiger partial charge in [-0.25, -0.2) is 9.97 Å². The normalized spacial score (nSPS) is 9.43. The molecular formula is C8H10N4O2. The van der Waals surface area contributed by atoms with E-state index in [1.165, 1.54) is 12.4 Å². The standard InChI is InChI=1S/C8H10N4O2/c1-2-3-4-9-8-10-5-7(6-11-8)12(13)14/h2,5-6H,1,3-4H2,(H,9,10,11). The second-order valence-corrected chi connectivity index (χ2v) is 2.53. The zero-order valence-electron chi connectivity index (χ0n) is 7.51. The van der Waals surface area contributed by atoms with Crippen LogP contribution in [0.1, 0.15) is 6.42 Å². The predicted molar refractivity (Wildman–Crippen MR) is 52.0 cm³/mol. The first-order chi connectivity index (χ1) is 6.74. The molecular weight excluding hydrogens is 184 g/mol. The van der Waals surface area contributed by atoms with E-state index < -0.39 is 4.92 Å². The molecule has 0 radical (unpaired) electrons. The van der Waals surface area contributed by atoms with Crippen LogP contribution in [0.25, 0.3) is 0 Å². The van der Waals surface area contributed by atoms with E-state index in [9.17, 15) is 10.1 Å². The molecule has 0 saturated heterocycles. The molecule has 0 amide bonds. The number of anilines is 1. The molecule has 0 aliphatic rings. The first kappa shape index (κ1) is 10.1. The van der Waals surface area contributed by atoms with Crippen molar-refractivity contribution < 1.29 is 4.92 Å². The molecule has 0 atom stereocenters. The fraction of sp³-hybridized carbons (Fsp3) is 0.250. The van der Waals surface area contributed by atoms with Gasteiger partial charge in [-0.1, -0.05) is 6.08 Å². The van der Waals surface area contributed by atoms with E-state index in [1.807, 2.05) is 0 Å². The maximum Gasteiger partial charge on any atom is 0.305 e. The summed E-state index contributed by atoms with van der Waals surface area (Å²) in [6, 6.07) is 0. The summed E-state index contributed by atoms with van der Waals surface area (Å²) < 4.78 is 0. The third kappa shape index (κ3) is 2.81. The molecule has 0 bridgehead atoms. The van der Waals surface area contributed by atoms with Crippen molar-refractivity contribution in [1.29, 1.82) is 0 Å². The Labute approximate surface area is 80.8 Å². The summed E-state index contributed by atoms with van der Waals surface area (Å²) in [5.41, 5.74) is -0.112. The zero-order valence-corrected chi connectivity index (χ0v) is 7.51. The van der Waals surface area contributed by atoms with E-state index in [4.69, 9.17) is 0 Å². The number of nitro groups is 1. The second-order valence-electron chi connectivity index (χ2n) is 2.53. The van der Waals surface area contributed by atoms with Crippen molar-refractivity contribution in [1.82, 2.24) is 9.97 Å². The van der Waals surface area contributed by atoms with Gasteiger partial charge in [0.05, 0.1) is 4.92 Å². The lowest BCUT2D eigenvalue weighted by atomic mass is 10.4. The van der Waals surface area contributed by atoms with Crippen LogP contribution in [-0.4, -0.2) is 21.4 Å². The van der Waals surface area contributed by atoms with Crippen LogP contribution < -0.4 is 5.32 Å². The first-order valence-corrected chi connectivity index (χ1v) is 4.05. The minimum Gasteiger partial charge on any atom is -0.354 e. The molecule has 1 heterocycles. The van der Waals surface area contributed by atoms with Crippen molar-refractivity contribution in [2.75, 3.05) is 11.9 Å². The quantitative estimate of drug-likeness (QED) is 0.331. The molecule has 0 aliphatic carbocycles. The molecule has 74 valence electrons. The van der Waals surface area contributed by atoms with Crippen LogP contribution in [-0.2, 0) is 0 Å². The Morgan fingerprint density at radius 2 is 2.21 bits per heavy atom. The molecule has 1 aromatic heterocycles. The fourth-order valence-electron chi connectivity index (χ4n) is 0.793. The molecule has 0 saturated carbocycles. The topological polar surface area (TPSA) is 81.0 Å². The summed E-state index contributed by atoms with van der Waals surface area (Å²) in [6.07, 6.45) is 4.89. The molecule has 0 spiro atoms. The minimum atomic E-state index is -0.534. The van der Waals surface area contributed by atoms with Gasteiger partial charge in [-0.05, 0) is 6.42 Å². The molecule has 0 unspecified atom stereocenters. The number of hydrogen-bond acceptors (Lipinski definition) is 5. The lowest BCUT2D eigenvalue weighted by Gasteiger charge is -2.00. The molecule has 1 N–H and O–H groups in total. The molecule has 14 heavy (non-hydrogen) atoms. The van der Waals surface area contributed by atoms with E-state index in [0.717, 1.165) is 6.42 Å². The average molecular weight is 194 g/mol. The predicted octanol–water partition coefficient (Wildman–Crippen LogP) is 1.37. The van der Waals surface area contributed by atoms with Crippen molar-refractivity contribution in [3.05, 3.63) is 35.2 Å². The van der Waals surface area contributed by atoms with Gasteiger partial charge in [0.2, 0.25) is 5.95 Å². The third-order valence-corrected chi connectivity index (χ3v) is 1.48. The molecule has 6 nitrogen and oxygen atoms in total. The van der Waals surface area contributed by atoms with Crippen molar-refractivity contribution in [3.63, 3.8) is 0 Å². The second kappa shape index (κ2) is 4.90. The Bertz CT molecular complexity index is 323. The number of rotatable bonds is 5. The van der Waals surface area contributed by atoms with Crippen molar-refractivity contribution in [2.45, 2.75) is 6.42 Å². The summed E-state index contributed by atoms with van der Waals surface area (Å²) >= 11 is 0. The van der Waals surface area contributed by atoms with Crippen molar-refractivity contribution >= 4 is 11.6 Å². The molecule has 0 aliphatic heterocycles. The molecule has 1 aromatic rings. The van der Waals surface area contributed by atoms with Gasteiger partial charge in [-0.15, -0.1) is 6.58 Å². The van der Waals surface area contributed by atoms with Gasteiger partial charge in [-0.2, -0.15) is 0 Å². The van der Waals surface area contributed by atoms with Crippen molar-refractivity contribution in [2.24, 2.45) is 0 Å². The SMILES string of the molecule is C=CCCNc1ncc([N+](=O)[O-])cn1. The highest BCUT2D eigenvalue weighted by atomic mass is 16.6. The Morgan fingerprint density at radius 3 is 2.71 bits per heavy atom. The van der Waals surface area contributed by atoms with E-state index in [0.29, 0.717) is 12.5 Å². The molecule has 0 fully saturated rings. The Balaban J connectivity index is 2.55. The summed E-state index contributed by atoms with van der Waals surface area (Å²) in [4.78, 5) is 17.3. The molecule has 6 heteroatoms. The van der Waals surface area contributed by atoms with E-state index in [-0.39, 0.29) is 5.69 Å². The van der Waals surface area contributed by atoms with Crippen LogP contribution in [0.3, 0.4) is 0 Å². The van der Waals surface area contributed by atoms with Gasteiger partial charge >= 0.3 is 5.69 Å². The van der Waals surface area contributed by atoms with Crippen LogP contribution in [0.15, 0.2) is 25.0 Å². The van der Waals surface area contributed by atoms with E-state index in [1.54, 1.807) is 6.08 Å². The average Bonchev–Trinajstić information content (AvgIpc) is 2.19. The highest BCUT2D eigenvalue weighted by molar-refractivity contribution is 5.30. The Morgan fingerprint density at radius 1 is 1.57 bits per heavy atom. The highest BCUT2D eigenvalue weighted by Gasteiger charge is 2.05. The molecule has 1 rings (SSSR count). The summed E-state index contributed by atoms with van der Waals surface area (Å²) in [6.45, 7) is 4.23. The van der Waals surface area contributed by atoms with E-state index >= 15 is 0 Å². The number of nitrogens with zero attached hydrogens (tertiary/aromatic N) is 3. The number of nitrogens with one attached hydrogen (secondary N) is 1. The van der Waals surface area contributed by atoms with Gasteiger partial charge in [0.1, 0.15) is 12.4 Å². The monoisotopic (exact) mass is 194 g/mol. The lowest BCUT2D eigenvalue weighted by Crippen LogP contribution is -2.04. The zero-order chi connectivity index (χ0) is 10.4. The first-order valence-electron chi connectivity index (χ1n) is 4.05. The fourth-order valence-corrected chi connectivity index (χ4v) is 0.793. The third-order valence-electron chi connectivity index (χ3n) is 1.48.